The quantitative estimate of drug-likeness (QED) is 0.611. The van der Waals surface area contributed by atoms with Gasteiger partial charge < -0.3 is 4.18 Å². The highest BCUT2D eigenvalue weighted by Gasteiger charge is 2.18. The Kier molecular flexibility index (Phi) is 2.70. The second-order valence-electron chi connectivity index (χ2n) is 2.34. The lowest BCUT2D eigenvalue weighted by molar-refractivity contribution is -0.117. The zero-order chi connectivity index (χ0) is 9.14. The van der Waals surface area contributed by atoms with E-state index in [1.54, 1.807) is 11.5 Å². The number of hydrogen-bond acceptors (Lipinski definition) is 4. The molecule has 0 atom stereocenters. The van der Waals surface area contributed by atoms with Crippen molar-refractivity contribution in [2.75, 3.05) is 0 Å². The van der Waals surface area contributed by atoms with Crippen LogP contribution in [0.25, 0.3) is 0 Å². The van der Waals surface area contributed by atoms with Gasteiger partial charge in [-0.3, -0.25) is 9.59 Å². The van der Waals surface area contributed by atoms with Crippen molar-refractivity contribution in [2.45, 2.75) is 13.8 Å². The highest BCUT2D eigenvalue weighted by atomic mass is 32.2. The highest BCUT2D eigenvalue weighted by Crippen LogP contribution is 2.23. The van der Waals surface area contributed by atoms with Crippen molar-refractivity contribution in [1.82, 2.24) is 0 Å². The minimum absolute atomic E-state index is 0.148. The molecule has 0 N–H and O–H groups in total. The molecular formula is C8H8O3S. The first-order chi connectivity index (χ1) is 5.63. The normalized spacial score (nSPS) is 15.8. The van der Waals surface area contributed by atoms with Gasteiger partial charge in [-0.2, -0.15) is 0 Å². The number of rotatable bonds is 2. The molecule has 4 heteroatoms. The predicted molar refractivity (Wildman–Crippen MR) is 46.2 cm³/mol. The number of hydrogen-bond donors (Lipinski definition) is 0. The van der Waals surface area contributed by atoms with Crippen LogP contribution in [0.1, 0.15) is 13.8 Å². The number of ketones is 2. The van der Waals surface area contributed by atoms with E-state index >= 15 is 0 Å². The van der Waals surface area contributed by atoms with Crippen LogP contribution in [-0.2, 0) is 13.8 Å². The van der Waals surface area contributed by atoms with Crippen LogP contribution in [0.5, 0.6) is 0 Å². The first-order valence-corrected chi connectivity index (χ1v) is 4.19. The summed E-state index contributed by atoms with van der Waals surface area (Å²) in [7, 11) is 0. The van der Waals surface area contributed by atoms with E-state index in [0.29, 0.717) is 5.57 Å². The molecule has 0 aromatic heterocycles. The fourth-order valence-electron chi connectivity index (χ4n) is 0.818. The standard InChI is InChI=1S/C8H8O3S/c1-5(9)7-3-4-12-11-8(7)6(2)10/h3-4H,1-2H3. The van der Waals surface area contributed by atoms with Crippen LogP contribution in [0, 0.1) is 0 Å². The average molecular weight is 184 g/mol. The fraction of sp³-hybridized carbons (Fsp3) is 0.250. The maximum Gasteiger partial charge on any atom is 0.196 e. The first-order valence-electron chi connectivity index (χ1n) is 3.39. The Labute approximate surface area is 74.7 Å². The lowest BCUT2D eigenvalue weighted by Crippen LogP contribution is -2.08. The number of allylic oxidation sites excluding steroid dienone is 3. The van der Waals surface area contributed by atoms with Crippen molar-refractivity contribution in [1.29, 1.82) is 0 Å². The summed E-state index contributed by atoms with van der Waals surface area (Å²) in [4.78, 5) is 21.9. The van der Waals surface area contributed by atoms with Gasteiger partial charge in [-0.15, -0.1) is 0 Å². The van der Waals surface area contributed by atoms with Gasteiger partial charge in [0, 0.05) is 12.3 Å². The fourth-order valence-corrected chi connectivity index (χ4v) is 1.37. The molecule has 64 valence electrons. The van der Waals surface area contributed by atoms with E-state index in [1.165, 1.54) is 13.8 Å². The second-order valence-corrected chi connectivity index (χ2v) is 2.97. The largest absolute Gasteiger partial charge is 0.417 e. The van der Waals surface area contributed by atoms with Crippen molar-refractivity contribution in [3.63, 3.8) is 0 Å². The maximum atomic E-state index is 11.0. The smallest absolute Gasteiger partial charge is 0.196 e. The molecule has 0 aromatic rings. The lowest BCUT2D eigenvalue weighted by atomic mass is 10.1. The molecule has 0 saturated carbocycles. The van der Waals surface area contributed by atoms with Gasteiger partial charge in [0.2, 0.25) is 0 Å². The molecule has 0 saturated heterocycles. The van der Waals surface area contributed by atoms with Crippen molar-refractivity contribution >= 4 is 23.6 Å². The van der Waals surface area contributed by atoms with Crippen molar-refractivity contribution < 1.29 is 13.8 Å². The van der Waals surface area contributed by atoms with Crippen LogP contribution in [0.3, 0.4) is 0 Å². The highest BCUT2D eigenvalue weighted by molar-refractivity contribution is 7.97. The summed E-state index contributed by atoms with van der Waals surface area (Å²) in [5, 5.41) is 1.63. The zero-order valence-corrected chi connectivity index (χ0v) is 7.60. The van der Waals surface area contributed by atoms with Gasteiger partial charge in [-0.05, 0) is 13.0 Å². The van der Waals surface area contributed by atoms with E-state index in [0.717, 1.165) is 12.0 Å². The third kappa shape index (κ3) is 1.76. The van der Waals surface area contributed by atoms with Crippen LogP contribution in [0.4, 0.5) is 0 Å². The van der Waals surface area contributed by atoms with Crippen LogP contribution < -0.4 is 0 Å². The molecule has 0 unspecified atom stereocenters. The van der Waals surface area contributed by atoms with E-state index in [4.69, 9.17) is 4.18 Å². The minimum Gasteiger partial charge on any atom is -0.417 e. The van der Waals surface area contributed by atoms with Gasteiger partial charge >= 0.3 is 0 Å². The molecule has 0 aliphatic carbocycles. The lowest BCUT2D eigenvalue weighted by Gasteiger charge is -2.10. The van der Waals surface area contributed by atoms with E-state index < -0.39 is 0 Å². The molecule has 0 amide bonds. The van der Waals surface area contributed by atoms with Gasteiger partial charge in [0.25, 0.3) is 0 Å². The molecule has 1 heterocycles. The number of Topliss-reactive ketones (excluding diaryl/α,β-unsaturated/α-hetero) is 2. The zero-order valence-electron chi connectivity index (χ0n) is 6.79. The molecule has 0 bridgehead atoms. The molecule has 1 aliphatic rings. The van der Waals surface area contributed by atoms with E-state index in [-0.39, 0.29) is 17.3 Å². The van der Waals surface area contributed by atoms with Crippen LogP contribution in [0.15, 0.2) is 22.8 Å². The molecule has 1 aliphatic heterocycles. The van der Waals surface area contributed by atoms with Crippen LogP contribution in [0.2, 0.25) is 0 Å². The minimum atomic E-state index is -0.225. The van der Waals surface area contributed by atoms with E-state index in [2.05, 4.69) is 0 Å². The number of carbonyl (C=O) groups excluding carboxylic acids is 2. The summed E-state index contributed by atoms with van der Waals surface area (Å²) in [5.41, 5.74) is 0.348. The number of carbonyl (C=O) groups is 2. The Morgan fingerprint density at radius 2 is 2.00 bits per heavy atom. The van der Waals surface area contributed by atoms with Crippen molar-refractivity contribution in [3.8, 4) is 0 Å². The molecule has 0 radical (unpaired) electrons. The summed E-state index contributed by atoms with van der Waals surface area (Å²) >= 11 is 1.04. The average Bonchev–Trinajstić information content (AvgIpc) is 2.04. The predicted octanol–water partition coefficient (Wildman–Crippen LogP) is 1.61. The summed E-state index contributed by atoms with van der Waals surface area (Å²) in [6.07, 6.45) is 1.59. The van der Waals surface area contributed by atoms with Crippen LogP contribution >= 0.6 is 12.0 Å². The molecule has 0 aromatic carbocycles. The molecule has 1 rings (SSSR count). The maximum absolute atomic E-state index is 11.0. The van der Waals surface area contributed by atoms with Gasteiger partial charge in [-0.25, -0.2) is 0 Å². The third-order valence-electron chi connectivity index (χ3n) is 1.37. The van der Waals surface area contributed by atoms with Crippen LogP contribution in [-0.4, -0.2) is 11.6 Å². The Bertz CT molecular complexity index is 289. The van der Waals surface area contributed by atoms with Gasteiger partial charge in [0.15, 0.2) is 17.3 Å². The van der Waals surface area contributed by atoms with E-state index in [1.807, 2.05) is 0 Å². The van der Waals surface area contributed by atoms with Gasteiger partial charge in [0.1, 0.15) is 0 Å². The first kappa shape index (κ1) is 9.06. The second kappa shape index (κ2) is 3.58. The van der Waals surface area contributed by atoms with Crippen molar-refractivity contribution in [2.24, 2.45) is 0 Å². The summed E-state index contributed by atoms with van der Waals surface area (Å²) in [6, 6.07) is 0. The summed E-state index contributed by atoms with van der Waals surface area (Å²) in [6.45, 7) is 2.78. The monoisotopic (exact) mass is 184 g/mol. The summed E-state index contributed by atoms with van der Waals surface area (Å²) in [5.74, 6) is -0.233. The topological polar surface area (TPSA) is 43.4 Å². The Balaban J connectivity index is 3.08. The van der Waals surface area contributed by atoms with Gasteiger partial charge in [0.05, 0.1) is 17.6 Å². The summed E-state index contributed by atoms with van der Waals surface area (Å²) < 4.78 is 4.95. The van der Waals surface area contributed by atoms with Crippen molar-refractivity contribution in [3.05, 3.63) is 22.8 Å². The molecule has 3 nitrogen and oxygen atoms in total. The SMILES string of the molecule is CC(=O)C1=C(C(C)=O)OSC=C1. The molecule has 12 heavy (non-hydrogen) atoms. The molecular weight excluding hydrogens is 176 g/mol. The Hall–Kier alpha value is -1.03. The Morgan fingerprint density at radius 3 is 2.42 bits per heavy atom. The Morgan fingerprint density at radius 1 is 1.33 bits per heavy atom. The third-order valence-corrected chi connectivity index (χ3v) is 1.88. The molecule has 0 fully saturated rings. The molecule has 0 spiro atoms. The van der Waals surface area contributed by atoms with E-state index in [9.17, 15) is 9.59 Å². The van der Waals surface area contributed by atoms with Gasteiger partial charge in [-0.1, -0.05) is 0 Å².